The topological polar surface area (TPSA) is 13.1 Å². The van der Waals surface area contributed by atoms with Gasteiger partial charge in [0.1, 0.15) is 11.2 Å². The van der Waals surface area contributed by atoms with Crippen LogP contribution in [-0.4, -0.2) is 0 Å². The number of hydrogen-bond acceptors (Lipinski definition) is 1. The monoisotopic (exact) mass is 654 g/mol. The van der Waals surface area contributed by atoms with Crippen molar-refractivity contribution in [2.24, 2.45) is 0 Å². The van der Waals surface area contributed by atoms with Gasteiger partial charge in [-0.1, -0.05) is 170 Å². The lowest BCUT2D eigenvalue weighted by Gasteiger charge is -2.20. The fourth-order valence-corrected chi connectivity index (χ4v) is 8.16. The third kappa shape index (κ3) is 4.09. The van der Waals surface area contributed by atoms with Crippen LogP contribution in [0.4, 0.5) is 0 Å². The first kappa shape index (κ1) is 21.4. The molecule has 1 heterocycles. The third-order valence-corrected chi connectivity index (χ3v) is 10.3. The summed E-state index contributed by atoms with van der Waals surface area (Å²) in [7, 11) is 0. The molecule has 0 saturated heterocycles. The van der Waals surface area contributed by atoms with Gasteiger partial charge >= 0.3 is 0 Å². The van der Waals surface area contributed by atoms with Crippen molar-refractivity contribution in [3.8, 4) is 33.4 Å². The molecule has 0 aliphatic rings. The van der Waals surface area contributed by atoms with Gasteiger partial charge in [-0.3, -0.25) is 0 Å². The molecule has 0 spiro atoms. The predicted molar refractivity (Wildman–Crippen MR) is 218 cm³/mol. The van der Waals surface area contributed by atoms with E-state index < -0.39 is 24.2 Å². The maximum absolute atomic E-state index is 9.61. The lowest BCUT2D eigenvalue weighted by Crippen LogP contribution is -1.93. The minimum atomic E-state index is -0.435. The minimum absolute atomic E-state index is 0.178. The minimum Gasteiger partial charge on any atom is -0.455 e. The molecule has 0 aliphatic carbocycles. The number of benzene rings is 10. The maximum atomic E-state index is 9.61. The molecular weight excluding hydrogens is 617 g/mol. The van der Waals surface area contributed by atoms with E-state index in [-0.39, 0.29) is 45.7 Å². The summed E-state index contributed by atoms with van der Waals surface area (Å²) in [6.45, 7) is 0. The highest BCUT2D eigenvalue weighted by atomic mass is 16.3. The van der Waals surface area contributed by atoms with Crippen molar-refractivity contribution in [1.82, 2.24) is 0 Å². The summed E-state index contributed by atoms with van der Waals surface area (Å²) < 4.78 is 80.8. The van der Waals surface area contributed by atoms with E-state index in [0.717, 1.165) is 59.8 Å². The van der Waals surface area contributed by atoms with Crippen molar-refractivity contribution in [3.05, 3.63) is 182 Å². The Balaban J connectivity index is 1.37. The Bertz CT molecular complexity index is 3570. The average Bonchev–Trinajstić information content (AvgIpc) is 3.67. The molecule has 11 aromatic rings. The number of rotatable bonds is 3. The van der Waals surface area contributed by atoms with Crippen molar-refractivity contribution >= 4 is 75.8 Å². The van der Waals surface area contributed by atoms with Crippen LogP contribution in [0, 0.1) is 0 Å². The summed E-state index contributed by atoms with van der Waals surface area (Å²) in [5, 5.41) is 7.92. The molecule has 1 nitrogen and oxygen atoms in total. The Morgan fingerprint density at radius 1 is 0.333 bits per heavy atom. The van der Waals surface area contributed by atoms with Crippen LogP contribution in [0.1, 0.15) is 11.0 Å². The summed E-state index contributed by atoms with van der Waals surface area (Å²) in [5.41, 5.74) is 5.02. The van der Waals surface area contributed by atoms with E-state index in [9.17, 15) is 5.48 Å². The van der Waals surface area contributed by atoms with Crippen LogP contribution in [0.2, 0.25) is 0 Å². The molecule has 10 aromatic carbocycles. The quantitative estimate of drug-likeness (QED) is 0.173. The summed E-state index contributed by atoms with van der Waals surface area (Å²) in [4.78, 5) is 0. The van der Waals surface area contributed by atoms with Crippen LogP contribution >= 0.6 is 0 Å². The van der Waals surface area contributed by atoms with E-state index in [0.29, 0.717) is 27.8 Å². The Labute approximate surface area is 305 Å². The summed E-state index contributed by atoms with van der Waals surface area (Å²) >= 11 is 0. The smallest absolute Gasteiger partial charge is 0.143 e. The molecule has 0 bridgehead atoms. The number of fused-ring (bicyclic) bond motifs is 9. The van der Waals surface area contributed by atoms with Crippen LogP contribution in [0.5, 0.6) is 0 Å². The Hall–Kier alpha value is -6.70. The van der Waals surface area contributed by atoms with Gasteiger partial charge in [-0.25, -0.2) is 0 Å². The normalized spacial score (nSPS) is 14.1. The SMILES string of the molecule is [2H]c1c([2H])c([2H])c2c(-c3cccc4cccc(-c5cccc6oc7c8ccccc8ccc7c56)c34)c3c([2H])c([2H])c([2H])c([2H])c3c(-c3cccc4ccccc34)c2c1[2H]. The molecule has 51 heavy (non-hydrogen) atoms. The van der Waals surface area contributed by atoms with Gasteiger partial charge in [-0.2, -0.15) is 0 Å². The molecule has 0 unspecified atom stereocenters. The molecule has 0 amide bonds. The van der Waals surface area contributed by atoms with E-state index in [4.69, 9.17) is 9.90 Å². The van der Waals surface area contributed by atoms with E-state index in [1.807, 2.05) is 103 Å². The van der Waals surface area contributed by atoms with Crippen LogP contribution in [-0.2, 0) is 0 Å². The fraction of sp³-hybridized carbons (Fsp3) is 0. The average molecular weight is 655 g/mol. The van der Waals surface area contributed by atoms with Crippen LogP contribution in [0.15, 0.2) is 186 Å². The molecule has 1 aromatic heterocycles. The van der Waals surface area contributed by atoms with Gasteiger partial charge in [0.25, 0.3) is 0 Å². The van der Waals surface area contributed by atoms with Crippen molar-refractivity contribution in [2.75, 3.05) is 0 Å². The van der Waals surface area contributed by atoms with Gasteiger partial charge in [-0.15, -0.1) is 0 Å². The predicted octanol–water partition coefficient (Wildman–Crippen LogP) is 14.4. The second kappa shape index (κ2) is 10.9. The van der Waals surface area contributed by atoms with Crippen LogP contribution in [0.25, 0.3) is 109 Å². The Morgan fingerprint density at radius 3 is 1.51 bits per heavy atom. The lowest BCUT2D eigenvalue weighted by atomic mass is 9.82. The fourth-order valence-electron chi connectivity index (χ4n) is 8.16. The zero-order valence-electron chi connectivity index (χ0n) is 35.1. The second-order valence-corrected chi connectivity index (χ2v) is 12.9. The molecule has 0 radical (unpaired) electrons. The molecule has 11 rings (SSSR count). The number of hydrogen-bond donors (Lipinski definition) is 0. The first-order valence-electron chi connectivity index (χ1n) is 20.9. The number of furan rings is 1. The Morgan fingerprint density at radius 2 is 0.824 bits per heavy atom. The first-order valence-corrected chi connectivity index (χ1v) is 16.9. The standard InChI is InChI=1S/C50H30O/c1-3-18-34-31(13-1)15-9-24-36(34)47-38-20-5-7-22-40(38)48(41-23-8-6-21-39(41)47)43-27-11-17-33-16-10-25-37(46(33)43)42-26-12-28-45-49(42)44-30-29-32-14-2-4-19-35(32)50(44)51-45/h1-30H/i5D,6D,7D,8D,20D,21D,22D,23D. The summed E-state index contributed by atoms with van der Waals surface area (Å²) in [6.07, 6.45) is 0. The van der Waals surface area contributed by atoms with Crippen molar-refractivity contribution in [3.63, 3.8) is 0 Å². The molecule has 0 N–H and O–H groups in total. The second-order valence-electron chi connectivity index (χ2n) is 12.9. The zero-order chi connectivity index (χ0) is 40.4. The molecular formula is C50H30O. The van der Waals surface area contributed by atoms with E-state index >= 15 is 0 Å². The van der Waals surface area contributed by atoms with Gasteiger partial charge in [-0.05, 0) is 94.0 Å². The third-order valence-electron chi connectivity index (χ3n) is 10.3. The van der Waals surface area contributed by atoms with Gasteiger partial charge < -0.3 is 4.42 Å². The van der Waals surface area contributed by atoms with Gasteiger partial charge in [0.05, 0.1) is 11.0 Å². The largest absolute Gasteiger partial charge is 0.455 e. The molecule has 0 saturated carbocycles. The molecule has 1 heteroatoms. The van der Waals surface area contributed by atoms with E-state index in [1.54, 1.807) is 0 Å². The van der Waals surface area contributed by atoms with Crippen molar-refractivity contribution < 1.29 is 15.4 Å². The summed E-state index contributed by atoms with van der Waals surface area (Å²) in [6, 6.07) is 40.5. The van der Waals surface area contributed by atoms with Gasteiger partial charge in [0.2, 0.25) is 0 Å². The lowest BCUT2D eigenvalue weighted by molar-refractivity contribution is 0.673. The van der Waals surface area contributed by atoms with Crippen molar-refractivity contribution in [2.45, 2.75) is 0 Å². The van der Waals surface area contributed by atoms with Crippen LogP contribution in [0.3, 0.4) is 0 Å². The molecule has 236 valence electrons. The molecule has 0 aliphatic heterocycles. The maximum Gasteiger partial charge on any atom is 0.143 e. The first-order chi connectivity index (χ1) is 28.7. The van der Waals surface area contributed by atoms with Crippen molar-refractivity contribution in [1.29, 1.82) is 0 Å². The highest BCUT2D eigenvalue weighted by Crippen LogP contribution is 2.49. The van der Waals surface area contributed by atoms with E-state index in [1.165, 1.54) is 0 Å². The Kier molecular flexibility index (Phi) is 4.57. The van der Waals surface area contributed by atoms with Gasteiger partial charge in [0.15, 0.2) is 0 Å². The highest BCUT2D eigenvalue weighted by molar-refractivity contribution is 6.27. The summed E-state index contributed by atoms with van der Waals surface area (Å²) in [5.74, 6) is 0. The van der Waals surface area contributed by atoms with E-state index in [2.05, 4.69) is 30.3 Å². The molecule has 0 fully saturated rings. The van der Waals surface area contributed by atoms with Gasteiger partial charge in [0, 0.05) is 16.2 Å². The highest BCUT2D eigenvalue weighted by Gasteiger charge is 2.22. The molecule has 0 atom stereocenters. The zero-order valence-corrected chi connectivity index (χ0v) is 27.1. The van der Waals surface area contributed by atoms with Crippen LogP contribution < -0.4 is 0 Å².